The number of anilines is 1. The molecule has 1 aliphatic heterocycles. The third kappa shape index (κ3) is 4.06. The molecule has 6 nitrogen and oxygen atoms in total. The SMILES string of the molecule is CCCCN(c1nc2ccccc2[nH]1)C1CCN(C(=O)OCC)CC1. The number of amides is 1. The number of hydrogen-bond donors (Lipinski definition) is 1. The molecule has 0 unspecified atom stereocenters. The summed E-state index contributed by atoms with van der Waals surface area (Å²) in [6.07, 6.45) is 3.98. The van der Waals surface area contributed by atoms with Crippen molar-refractivity contribution in [2.45, 2.75) is 45.6 Å². The van der Waals surface area contributed by atoms with Crippen molar-refractivity contribution in [1.82, 2.24) is 14.9 Å². The molecule has 2 heterocycles. The van der Waals surface area contributed by atoms with Gasteiger partial charge in [0.2, 0.25) is 5.95 Å². The number of imidazole rings is 1. The third-order valence-electron chi connectivity index (χ3n) is 4.83. The zero-order valence-corrected chi connectivity index (χ0v) is 15.2. The highest BCUT2D eigenvalue weighted by molar-refractivity contribution is 5.77. The van der Waals surface area contributed by atoms with Crippen LogP contribution in [0.3, 0.4) is 0 Å². The Kier molecular flexibility index (Phi) is 5.79. The van der Waals surface area contributed by atoms with E-state index in [0.717, 1.165) is 62.3 Å². The summed E-state index contributed by atoms with van der Waals surface area (Å²) >= 11 is 0. The quantitative estimate of drug-likeness (QED) is 0.866. The highest BCUT2D eigenvalue weighted by Crippen LogP contribution is 2.24. The molecule has 1 saturated heterocycles. The number of hydrogen-bond acceptors (Lipinski definition) is 4. The molecule has 25 heavy (non-hydrogen) atoms. The van der Waals surface area contributed by atoms with Gasteiger partial charge in [0.15, 0.2) is 0 Å². The van der Waals surface area contributed by atoms with Crippen molar-refractivity contribution in [3.8, 4) is 0 Å². The van der Waals surface area contributed by atoms with Crippen LogP contribution in [0.25, 0.3) is 11.0 Å². The summed E-state index contributed by atoms with van der Waals surface area (Å²) in [5, 5.41) is 0. The number of aromatic nitrogens is 2. The van der Waals surface area contributed by atoms with Crippen molar-refractivity contribution in [3.05, 3.63) is 24.3 Å². The second-order valence-corrected chi connectivity index (χ2v) is 6.54. The number of unbranched alkanes of at least 4 members (excludes halogenated alkanes) is 1. The lowest BCUT2D eigenvalue weighted by molar-refractivity contribution is 0.0967. The highest BCUT2D eigenvalue weighted by Gasteiger charge is 2.28. The molecule has 0 saturated carbocycles. The van der Waals surface area contributed by atoms with Crippen LogP contribution in [-0.2, 0) is 4.74 Å². The molecule has 0 atom stereocenters. The molecule has 136 valence electrons. The van der Waals surface area contributed by atoms with Gasteiger partial charge in [-0.25, -0.2) is 9.78 Å². The first kappa shape index (κ1) is 17.6. The first-order chi connectivity index (χ1) is 12.2. The normalized spacial score (nSPS) is 15.5. The van der Waals surface area contributed by atoms with Crippen LogP contribution in [0.5, 0.6) is 0 Å². The zero-order chi connectivity index (χ0) is 17.6. The summed E-state index contributed by atoms with van der Waals surface area (Å²) in [6.45, 7) is 6.96. The maximum atomic E-state index is 11.9. The average molecular weight is 344 g/mol. The molecule has 0 spiro atoms. The van der Waals surface area contributed by atoms with Crippen LogP contribution in [0.15, 0.2) is 24.3 Å². The van der Waals surface area contributed by atoms with Crippen molar-refractivity contribution in [2.75, 3.05) is 31.1 Å². The number of H-pyrrole nitrogens is 1. The lowest BCUT2D eigenvalue weighted by atomic mass is 10.0. The van der Waals surface area contributed by atoms with E-state index in [1.54, 1.807) is 0 Å². The summed E-state index contributed by atoms with van der Waals surface area (Å²) in [7, 11) is 0. The standard InChI is InChI=1S/C19H28N4O2/c1-3-5-12-23(18-20-16-8-6-7-9-17(16)21-18)15-10-13-22(14-11-15)19(24)25-4-2/h6-9,15H,3-5,10-14H2,1-2H3,(H,20,21). The topological polar surface area (TPSA) is 61.5 Å². The van der Waals surface area contributed by atoms with Gasteiger partial charge in [-0.1, -0.05) is 25.5 Å². The van der Waals surface area contributed by atoms with E-state index >= 15 is 0 Å². The van der Waals surface area contributed by atoms with Crippen molar-refractivity contribution in [2.24, 2.45) is 0 Å². The van der Waals surface area contributed by atoms with Crippen LogP contribution >= 0.6 is 0 Å². The Morgan fingerprint density at radius 3 is 2.76 bits per heavy atom. The number of rotatable bonds is 6. The van der Waals surface area contributed by atoms with Gasteiger partial charge in [-0.3, -0.25) is 0 Å². The molecule has 1 N–H and O–H groups in total. The molecule has 0 radical (unpaired) electrons. The molecule has 2 aromatic rings. The van der Waals surface area contributed by atoms with Gasteiger partial charge in [-0.15, -0.1) is 0 Å². The number of carbonyl (C=O) groups excluding carboxylic acids is 1. The minimum Gasteiger partial charge on any atom is -0.450 e. The fraction of sp³-hybridized carbons (Fsp3) is 0.579. The molecule has 1 amide bonds. The number of fused-ring (bicyclic) bond motifs is 1. The average Bonchev–Trinajstić information content (AvgIpc) is 3.06. The summed E-state index contributed by atoms with van der Waals surface area (Å²) < 4.78 is 5.12. The summed E-state index contributed by atoms with van der Waals surface area (Å²) in [5.74, 6) is 0.948. The number of carbonyl (C=O) groups is 1. The van der Waals surface area contributed by atoms with E-state index in [1.165, 1.54) is 0 Å². The van der Waals surface area contributed by atoms with Gasteiger partial charge in [0.25, 0.3) is 0 Å². The molecule has 0 aliphatic carbocycles. The predicted octanol–water partition coefficient (Wildman–Crippen LogP) is 3.79. The van der Waals surface area contributed by atoms with Crippen molar-refractivity contribution in [1.29, 1.82) is 0 Å². The monoisotopic (exact) mass is 344 g/mol. The number of aromatic amines is 1. The molecule has 3 rings (SSSR count). The van der Waals surface area contributed by atoms with Gasteiger partial charge in [-0.05, 0) is 38.3 Å². The Morgan fingerprint density at radius 1 is 1.32 bits per heavy atom. The van der Waals surface area contributed by atoms with E-state index < -0.39 is 0 Å². The van der Waals surface area contributed by atoms with Crippen molar-refractivity contribution >= 4 is 23.1 Å². The Hall–Kier alpha value is -2.24. The first-order valence-electron chi connectivity index (χ1n) is 9.36. The lowest BCUT2D eigenvalue weighted by Gasteiger charge is -2.38. The number of piperidine rings is 1. The molecule has 6 heteroatoms. The van der Waals surface area contributed by atoms with E-state index in [9.17, 15) is 4.79 Å². The largest absolute Gasteiger partial charge is 0.450 e. The highest BCUT2D eigenvalue weighted by atomic mass is 16.6. The van der Waals surface area contributed by atoms with E-state index in [-0.39, 0.29) is 6.09 Å². The summed E-state index contributed by atoms with van der Waals surface area (Å²) in [6, 6.07) is 8.54. The second-order valence-electron chi connectivity index (χ2n) is 6.54. The number of benzene rings is 1. The van der Waals surface area contributed by atoms with E-state index in [0.29, 0.717) is 12.6 Å². The second kappa shape index (κ2) is 8.23. The number of nitrogens with one attached hydrogen (secondary N) is 1. The van der Waals surface area contributed by atoms with Gasteiger partial charge < -0.3 is 19.5 Å². The molecule has 0 bridgehead atoms. The van der Waals surface area contributed by atoms with Crippen LogP contribution in [0.1, 0.15) is 39.5 Å². The third-order valence-corrected chi connectivity index (χ3v) is 4.83. The number of nitrogens with zero attached hydrogens (tertiary/aromatic N) is 3. The maximum Gasteiger partial charge on any atom is 0.409 e. The number of likely N-dealkylation sites (tertiary alicyclic amines) is 1. The molecular weight excluding hydrogens is 316 g/mol. The zero-order valence-electron chi connectivity index (χ0n) is 15.2. The van der Waals surface area contributed by atoms with Gasteiger partial charge in [0.1, 0.15) is 0 Å². The Balaban J connectivity index is 1.72. The fourth-order valence-electron chi connectivity index (χ4n) is 3.44. The maximum absolute atomic E-state index is 11.9. The molecule has 1 fully saturated rings. The van der Waals surface area contributed by atoms with Crippen molar-refractivity contribution < 1.29 is 9.53 Å². The minimum atomic E-state index is -0.190. The predicted molar refractivity (Wildman–Crippen MR) is 100.0 cm³/mol. The van der Waals surface area contributed by atoms with Gasteiger partial charge >= 0.3 is 6.09 Å². The van der Waals surface area contributed by atoms with Crippen LogP contribution in [0, 0.1) is 0 Å². The van der Waals surface area contributed by atoms with Crippen LogP contribution in [0.2, 0.25) is 0 Å². The fourth-order valence-corrected chi connectivity index (χ4v) is 3.44. The van der Waals surface area contributed by atoms with Gasteiger partial charge in [-0.2, -0.15) is 0 Å². The van der Waals surface area contributed by atoms with Crippen LogP contribution in [-0.4, -0.2) is 53.2 Å². The van der Waals surface area contributed by atoms with Crippen LogP contribution in [0.4, 0.5) is 10.7 Å². The Labute approximate surface area is 149 Å². The first-order valence-corrected chi connectivity index (χ1v) is 9.36. The van der Waals surface area contributed by atoms with Gasteiger partial charge in [0, 0.05) is 25.7 Å². The molecule has 1 aromatic carbocycles. The Morgan fingerprint density at radius 2 is 2.08 bits per heavy atom. The summed E-state index contributed by atoms with van der Waals surface area (Å²) in [5.41, 5.74) is 2.07. The molecule has 1 aromatic heterocycles. The van der Waals surface area contributed by atoms with E-state index in [2.05, 4.69) is 22.9 Å². The summed E-state index contributed by atoms with van der Waals surface area (Å²) in [4.78, 5) is 24.4. The van der Waals surface area contributed by atoms with Crippen LogP contribution < -0.4 is 4.90 Å². The minimum absolute atomic E-state index is 0.190. The lowest BCUT2D eigenvalue weighted by Crippen LogP contribution is -2.47. The molecule has 1 aliphatic rings. The number of para-hydroxylation sites is 2. The smallest absolute Gasteiger partial charge is 0.409 e. The van der Waals surface area contributed by atoms with E-state index in [4.69, 9.17) is 9.72 Å². The van der Waals surface area contributed by atoms with E-state index in [1.807, 2.05) is 30.0 Å². The molecular formula is C19H28N4O2. The Bertz CT molecular complexity index is 659. The van der Waals surface area contributed by atoms with Crippen molar-refractivity contribution in [3.63, 3.8) is 0 Å². The number of ether oxygens (including phenoxy) is 1. The van der Waals surface area contributed by atoms with Gasteiger partial charge in [0.05, 0.1) is 17.6 Å².